The number of likely N-dealkylation sites (tertiary alicyclic amines) is 1. The van der Waals surface area contributed by atoms with Gasteiger partial charge < -0.3 is 30.7 Å². The Hall–Kier alpha value is -1.65. The smallest absolute Gasteiger partial charge is 0.426 e. The van der Waals surface area contributed by atoms with Crippen molar-refractivity contribution >= 4 is 24.8 Å². The Kier molecular flexibility index (Phi) is 6.78. The van der Waals surface area contributed by atoms with Gasteiger partial charge in [0.15, 0.2) is 0 Å². The van der Waals surface area contributed by atoms with Crippen LogP contribution in [0.3, 0.4) is 0 Å². The molecule has 1 aliphatic heterocycles. The Morgan fingerprint density at radius 1 is 1.36 bits per heavy atom. The van der Waals surface area contributed by atoms with Crippen LogP contribution < -0.4 is 10.6 Å². The molecule has 0 aromatic heterocycles. The first-order chi connectivity index (χ1) is 10.2. The Morgan fingerprint density at radius 2 is 2.00 bits per heavy atom. The lowest BCUT2D eigenvalue weighted by Gasteiger charge is -2.25. The van der Waals surface area contributed by atoms with Gasteiger partial charge in [0.05, 0.1) is 18.6 Å². The maximum atomic E-state index is 12.0. The summed E-state index contributed by atoms with van der Waals surface area (Å²) in [4.78, 5) is 36.2. The van der Waals surface area contributed by atoms with Crippen molar-refractivity contribution in [3.63, 3.8) is 0 Å². The number of nitrogens with zero attached hydrogens (tertiary/aromatic N) is 1. The van der Waals surface area contributed by atoms with E-state index in [4.69, 9.17) is 0 Å². The molecule has 0 aromatic carbocycles. The molecule has 0 aromatic rings. The number of nitrogens with one attached hydrogen (secondary N) is 2. The summed E-state index contributed by atoms with van der Waals surface area (Å²) in [5.74, 6) is -2.28. The van der Waals surface area contributed by atoms with Crippen molar-refractivity contribution in [2.24, 2.45) is 0 Å². The van der Waals surface area contributed by atoms with Gasteiger partial charge in [0.25, 0.3) is 0 Å². The molecule has 1 fully saturated rings. The van der Waals surface area contributed by atoms with E-state index in [1.165, 1.54) is 18.7 Å². The third-order valence-corrected chi connectivity index (χ3v) is 3.50. The molecule has 1 unspecified atom stereocenters. The fourth-order valence-electron chi connectivity index (χ4n) is 2.41. The molecule has 5 N–H and O–H groups in total. The number of carbonyl (C=O) groups is 3. The van der Waals surface area contributed by atoms with Crippen LogP contribution in [0.15, 0.2) is 0 Å². The highest BCUT2D eigenvalue weighted by atomic mass is 16.4. The molecule has 0 aliphatic carbocycles. The lowest BCUT2D eigenvalue weighted by atomic mass is 9.78. The van der Waals surface area contributed by atoms with Crippen molar-refractivity contribution in [1.29, 1.82) is 0 Å². The summed E-state index contributed by atoms with van der Waals surface area (Å²) in [7, 11) is -1.62. The predicted octanol–water partition coefficient (Wildman–Crippen LogP) is -3.01. The summed E-state index contributed by atoms with van der Waals surface area (Å²) in [6.45, 7) is 2.61. The van der Waals surface area contributed by atoms with E-state index in [9.17, 15) is 29.5 Å². The van der Waals surface area contributed by atoms with E-state index >= 15 is 0 Å². The Labute approximate surface area is 128 Å². The molecule has 0 saturated carbocycles. The van der Waals surface area contributed by atoms with Crippen LogP contribution in [0.2, 0.25) is 0 Å². The highest BCUT2D eigenvalue weighted by Gasteiger charge is 2.37. The lowest BCUT2D eigenvalue weighted by molar-refractivity contribution is -0.135. The minimum absolute atomic E-state index is 0.342. The first-order valence-corrected chi connectivity index (χ1v) is 7.12. The Balaban J connectivity index is 2.55. The quantitative estimate of drug-likeness (QED) is 0.331. The van der Waals surface area contributed by atoms with Gasteiger partial charge in [-0.1, -0.05) is 0 Å². The van der Waals surface area contributed by atoms with E-state index in [-0.39, 0.29) is 6.54 Å². The van der Waals surface area contributed by atoms with Crippen LogP contribution in [0.25, 0.3) is 0 Å². The summed E-state index contributed by atoms with van der Waals surface area (Å²) >= 11 is 0. The second-order valence-electron chi connectivity index (χ2n) is 5.35. The molecule has 9 nitrogen and oxygen atoms in total. The first-order valence-electron chi connectivity index (χ1n) is 7.12. The lowest BCUT2D eigenvalue weighted by Crippen LogP contribution is -2.54. The number of hydrogen-bond acceptors (Lipinski definition) is 6. The molecule has 1 heterocycles. The van der Waals surface area contributed by atoms with Crippen molar-refractivity contribution in [1.82, 2.24) is 15.5 Å². The summed E-state index contributed by atoms with van der Waals surface area (Å²) < 4.78 is 0. The highest BCUT2D eigenvalue weighted by molar-refractivity contribution is 6.43. The number of carbonyl (C=O) groups excluding carboxylic acids is 3. The van der Waals surface area contributed by atoms with Crippen molar-refractivity contribution in [2.45, 2.75) is 44.8 Å². The molecule has 1 aliphatic rings. The van der Waals surface area contributed by atoms with E-state index in [1.54, 1.807) is 0 Å². The molecule has 124 valence electrons. The number of hydrogen-bond donors (Lipinski definition) is 5. The van der Waals surface area contributed by atoms with Gasteiger partial charge in [-0.2, -0.15) is 0 Å². The van der Waals surface area contributed by atoms with Gasteiger partial charge in [-0.25, -0.2) is 0 Å². The second-order valence-corrected chi connectivity index (χ2v) is 5.35. The summed E-state index contributed by atoms with van der Waals surface area (Å²) in [6, 6.07) is -1.15. The number of aliphatic hydroxyl groups excluding tert-OH is 1. The van der Waals surface area contributed by atoms with Gasteiger partial charge in [0.2, 0.25) is 17.7 Å². The van der Waals surface area contributed by atoms with Crippen molar-refractivity contribution < 1.29 is 29.5 Å². The van der Waals surface area contributed by atoms with Crippen LogP contribution in [0.1, 0.15) is 26.7 Å². The van der Waals surface area contributed by atoms with Crippen molar-refractivity contribution in [3.8, 4) is 0 Å². The summed E-state index contributed by atoms with van der Waals surface area (Å²) in [5, 5.41) is 32.5. The van der Waals surface area contributed by atoms with Gasteiger partial charge in [0, 0.05) is 13.5 Å². The topological polar surface area (TPSA) is 139 Å². The van der Waals surface area contributed by atoms with Gasteiger partial charge in [-0.3, -0.25) is 14.4 Å². The van der Waals surface area contributed by atoms with E-state index in [2.05, 4.69) is 10.6 Å². The maximum absolute atomic E-state index is 12.0. The largest absolute Gasteiger partial charge is 0.475 e. The van der Waals surface area contributed by atoms with Gasteiger partial charge in [0.1, 0.15) is 6.04 Å². The molecular formula is C12H22BN3O6. The molecule has 22 heavy (non-hydrogen) atoms. The molecule has 3 amide bonds. The van der Waals surface area contributed by atoms with Crippen LogP contribution in [0, 0.1) is 0 Å². The number of amides is 3. The molecule has 10 heteroatoms. The molecule has 0 bridgehead atoms. The molecule has 0 spiro atoms. The SMILES string of the molecule is CC(=O)N[C@H](C(=O)NCC(=O)N1CCCC1B(O)O)[C@@H](C)O. The molecule has 1 rings (SSSR count). The summed E-state index contributed by atoms with van der Waals surface area (Å²) in [5.41, 5.74) is 0. The maximum Gasteiger partial charge on any atom is 0.475 e. The number of aliphatic hydroxyl groups is 1. The van der Waals surface area contributed by atoms with E-state index in [0.29, 0.717) is 19.4 Å². The Morgan fingerprint density at radius 3 is 2.50 bits per heavy atom. The van der Waals surface area contributed by atoms with Gasteiger partial charge in [-0.05, 0) is 19.8 Å². The van der Waals surface area contributed by atoms with E-state index in [0.717, 1.165) is 0 Å². The fourth-order valence-corrected chi connectivity index (χ4v) is 2.41. The second kappa shape index (κ2) is 8.11. The molecule has 3 atom stereocenters. The first kappa shape index (κ1) is 18.4. The van der Waals surface area contributed by atoms with Gasteiger partial charge >= 0.3 is 7.12 Å². The monoisotopic (exact) mass is 315 g/mol. The van der Waals surface area contributed by atoms with Gasteiger partial charge in [-0.15, -0.1) is 0 Å². The standard InChI is InChI=1S/C12H22BN3O6/c1-7(17)11(15-8(2)18)12(20)14-6-10(19)16-5-3-4-9(16)13(21)22/h7,9,11,17,21-22H,3-6H2,1-2H3,(H,14,20)(H,15,18)/t7-,9?,11+/m1/s1. The average molecular weight is 315 g/mol. The van der Waals surface area contributed by atoms with E-state index < -0.39 is 42.9 Å². The van der Waals surface area contributed by atoms with Crippen molar-refractivity contribution in [2.75, 3.05) is 13.1 Å². The average Bonchev–Trinajstić information content (AvgIpc) is 2.90. The number of rotatable bonds is 6. The molecule has 0 radical (unpaired) electrons. The normalized spacial score (nSPS) is 20.2. The Bertz CT molecular complexity index is 431. The molecular weight excluding hydrogens is 293 g/mol. The van der Waals surface area contributed by atoms with E-state index in [1.807, 2.05) is 0 Å². The fraction of sp³-hybridized carbons (Fsp3) is 0.750. The third kappa shape index (κ3) is 4.97. The van der Waals surface area contributed by atoms with Crippen LogP contribution in [0.4, 0.5) is 0 Å². The minimum Gasteiger partial charge on any atom is -0.426 e. The van der Waals surface area contributed by atoms with Crippen LogP contribution >= 0.6 is 0 Å². The van der Waals surface area contributed by atoms with Crippen LogP contribution in [-0.4, -0.2) is 76.1 Å². The zero-order valence-electron chi connectivity index (χ0n) is 12.7. The minimum atomic E-state index is -1.62. The zero-order valence-corrected chi connectivity index (χ0v) is 12.7. The van der Waals surface area contributed by atoms with Crippen LogP contribution in [-0.2, 0) is 14.4 Å². The summed E-state index contributed by atoms with van der Waals surface area (Å²) in [6.07, 6.45) is 0.0294. The van der Waals surface area contributed by atoms with Crippen LogP contribution in [0.5, 0.6) is 0 Å². The third-order valence-electron chi connectivity index (χ3n) is 3.50. The zero-order chi connectivity index (χ0) is 16.9. The molecule has 1 saturated heterocycles. The van der Waals surface area contributed by atoms with Crippen molar-refractivity contribution in [3.05, 3.63) is 0 Å². The highest BCUT2D eigenvalue weighted by Crippen LogP contribution is 2.17. The predicted molar refractivity (Wildman–Crippen MR) is 77.2 cm³/mol.